The van der Waals surface area contributed by atoms with Crippen LogP contribution in [0.1, 0.15) is 45.6 Å². The number of hydrogen-bond acceptors (Lipinski definition) is 7. The number of methoxy groups -OCH3 is 1. The topological polar surface area (TPSA) is 88.1 Å². The molecular formula is C27H31F3O7. The van der Waals surface area contributed by atoms with E-state index < -0.39 is 53.6 Å². The third kappa shape index (κ3) is 5.74. The maximum atomic E-state index is 14.4. The minimum absolute atomic E-state index is 0.0794. The molecule has 0 aromatic heterocycles. The number of benzene rings is 1. The molecule has 0 spiro atoms. The molecule has 1 fully saturated rings. The molecule has 202 valence electrons. The van der Waals surface area contributed by atoms with E-state index in [9.17, 15) is 27.6 Å². The summed E-state index contributed by atoms with van der Waals surface area (Å²) in [5.74, 6) is -3.29. The first-order valence-corrected chi connectivity index (χ1v) is 12.0. The van der Waals surface area contributed by atoms with Crippen LogP contribution >= 0.6 is 0 Å². The summed E-state index contributed by atoms with van der Waals surface area (Å²) in [4.78, 5) is 36.9. The lowest BCUT2D eigenvalue weighted by molar-refractivity contribution is -0.278. The molecule has 0 bridgehead atoms. The van der Waals surface area contributed by atoms with E-state index in [-0.39, 0.29) is 18.3 Å². The summed E-state index contributed by atoms with van der Waals surface area (Å²) >= 11 is 0. The molecule has 10 heteroatoms. The molecule has 6 atom stereocenters. The minimum Gasteiger partial charge on any atom is -0.463 e. The van der Waals surface area contributed by atoms with Gasteiger partial charge in [0.15, 0.2) is 0 Å². The molecule has 1 saturated heterocycles. The highest BCUT2D eigenvalue weighted by atomic mass is 19.4. The monoisotopic (exact) mass is 524 g/mol. The quantitative estimate of drug-likeness (QED) is 0.209. The largest absolute Gasteiger partial charge is 0.463 e. The molecule has 0 radical (unpaired) electrons. The Bertz CT molecular complexity index is 1070. The van der Waals surface area contributed by atoms with Gasteiger partial charge in [0.2, 0.25) is 0 Å². The Kier molecular flexibility index (Phi) is 8.52. The number of halogens is 3. The van der Waals surface area contributed by atoms with Gasteiger partial charge >= 0.3 is 24.1 Å². The van der Waals surface area contributed by atoms with Gasteiger partial charge in [-0.05, 0) is 31.3 Å². The second kappa shape index (κ2) is 11.1. The predicted octanol–water partition coefficient (Wildman–Crippen LogP) is 4.80. The first kappa shape index (κ1) is 28.4. The molecule has 1 aromatic carbocycles. The number of fused-ring (bicyclic) bond motifs is 1. The van der Waals surface area contributed by atoms with E-state index in [1.807, 2.05) is 6.92 Å². The van der Waals surface area contributed by atoms with Crippen LogP contribution in [0.3, 0.4) is 0 Å². The van der Waals surface area contributed by atoms with E-state index in [1.165, 1.54) is 25.1 Å². The normalized spacial score (nSPS) is 25.1. The van der Waals surface area contributed by atoms with Crippen molar-refractivity contribution in [2.45, 2.75) is 70.1 Å². The van der Waals surface area contributed by atoms with Crippen LogP contribution in [0.2, 0.25) is 0 Å². The molecule has 1 aromatic rings. The zero-order chi connectivity index (χ0) is 27.5. The molecule has 1 aliphatic carbocycles. The van der Waals surface area contributed by atoms with Crippen molar-refractivity contribution in [3.8, 4) is 0 Å². The fraction of sp³-hybridized carbons (Fsp3) is 0.519. The molecule has 1 aliphatic heterocycles. The number of carbonyl (C=O) groups excluding carboxylic acids is 3. The van der Waals surface area contributed by atoms with Crippen molar-refractivity contribution in [3.63, 3.8) is 0 Å². The SMILES string of the molecule is C=C1C(=O)O[C@@H]2C[C@H](C)C([C@H](C[C@H](C)OC(C)=O)OC(=O)[C@](OC)(c3ccccc3)C(F)(F)F)=CC[C@H]12. The van der Waals surface area contributed by atoms with Crippen LogP contribution in [0.15, 0.2) is 54.1 Å². The Morgan fingerprint density at radius 3 is 2.41 bits per heavy atom. The molecule has 1 heterocycles. The van der Waals surface area contributed by atoms with Crippen LogP contribution in [0, 0.1) is 11.8 Å². The molecule has 0 unspecified atom stereocenters. The number of ether oxygens (including phenoxy) is 4. The molecule has 3 rings (SSSR count). The summed E-state index contributed by atoms with van der Waals surface area (Å²) in [7, 11) is 0.799. The standard InChI is InChI=1S/C27H31F3O7/c1-15-13-22-21(17(3)24(32)36-22)12-11-20(15)23(14-16(2)35-18(4)31)37-25(33)26(34-5,27(28,29)30)19-9-7-6-8-10-19/h6-11,15-16,21-23H,3,12-14H2,1-2,4-5H3/t15-,16-,21+,22+,23-,26+/m0/s1. The Morgan fingerprint density at radius 1 is 1.19 bits per heavy atom. The van der Waals surface area contributed by atoms with Crippen molar-refractivity contribution >= 4 is 17.9 Å². The molecule has 7 nitrogen and oxygen atoms in total. The van der Waals surface area contributed by atoms with Crippen LogP contribution < -0.4 is 0 Å². The van der Waals surface area contributed by atoms with Crippen molar-refractivity contribution < 1.29 is 46.5 Å². The zero-order valence-electron chi connectivity index (χ0n) is 21.2. The average Bonchev–Trinajstić information content (AvgIpc) is 2.96. The number of carbonyl (C=O) groups is 3. The van der Waals surface area contributed by atoms with Gasteiger partial charge in [-0.2, -0.15) is 13.2 Å². The molecular weight excluding hydrogens is 493 g/mol. The third-order valence-corrected chi connectivity index (χ3v) is 6.89. The van der Waals surface area contributed by atoms with Gasteiger partial charge in [0.1, 0.15) is 18.3 Å². The Labute approximate surface area is 213 Å². The van der Waals surface area contributed by atoms with E-state index in [1.54, 1.807) is 13.0 Å². The van der Waals surface area contributed by atoms with E-state index >= 15 is 0 Å². The summed E-state index contributed by atoms with van der Waals surface area (Å²) in [6.07, 6.45) is -5.14. The Morgan fingerprint density at radius 2 is 1.84 bits per heavy atom. The fourth-order valence-electron chi connectivity index (χ4n) is 5.06. The zero-order valence-corrected chi connectivity index (χ0v) is 21.2. The highest BCUT2D eigenvalue weighted by Crippen LogP contribution is 2.45. The highest BCUT2D eigenvalue weighted by Gasteiger charge is 2.64. The maximum Gasteiger partial charge on any atom is 0.432 e. The van der Waals surface area contributed by atoms with Gasteiger partial charge in [0, 0.05) is 37.5 Å². The van der Waals surface area contributed by atoms with Crippen LogP contribution in [0.5, 0.6) is 0 Å². The van der Waals surface area contributed by atoms with Gasteiger partial charge in [-0.3, -0.25) is 4.79 Å². The molecule has 0 saturated carbocycles. The summed E-state index contributed by atoms with van der Waals surface area (Å²) < 4.78 is 64.4. The second-order valence-corrected chi connectivity index (χ2v) is 9.45. The van der Waals surface area contributed by atoms with Crippen molar-refractivity contribution in [1.82, 2.24) is 0 Å². The third-order valence-electron chi connectivity index (χ3n) is 6.89. The van der Waals surface area contributed by atoms with Crippen molar-refractivity contribution in [2.24, 2.45) is 11.8 Å². The lowest BCUT2D eigenvalue weighted by atomic mass is 9.88. The predicted molar refractivity (Wildman–Crippen MR) is 126 cm³/mol. The number of esters is 3. The first-order chi connectivity index (χ1) is 17.3. The van der Waals surface area contributed by atoms with E-state index in [2.05, 4.69) is 6.58 Å². The summed E-state index contributed by atoms with van der Waals surface area (Å²) in [6, 6.07) is 6.54. The van der Waals surface area contributed by atoms with Gasteiger partial charge in [0.05, 0.1) is 0 Å². The Balaban J connectivity index is 2.00. The summed E-state index contributed by atoms with van der Waals surface area (Å²) in [5.41, 5.74) is -2.92. The minimum atomic E-state index is -5.14. The molecule has 0 N–H and O–H groups in total. The van der Waals surface area contributed by atoms with Crippen LogP contribution in [0.4, 0.5) is 13.2 Å². The maximum absolute atomic E-state index is 14.4. The average molecular weight is 525 g/mol. The lowest BCUT2D eigenvalue weighted by Crippen LogP contribution is -2.53. The van der Waals surface area contributed by atoms with Crippen molar-refractivity contribution in [1.29, 1.82) is 0 Å². The number of alkyl halides is 3. The van der Waals surface area contributed by atoms with Crippen LogP contribution in [0.25, 0.3) is 0 Å². The summed E-state index contributed by atoms with van der Waals surface area (Å²) in [5, 5.41) is 0. The van der Waals surface area contributed by atoms with Gasteiger partial charge in [-0.15, -0.1) is 0 Å². The smallest absolute Gasteiger partial charge is 0.432 e. The first-order valence-electron chi connectivity index (χ1n) is 12.0. The van der Waals surface area contributed by atoms with Gasteiger partial charge in [-0.25, -0.2) is 9.59 Å². The highest BCUT2D eigenvalue weighted by molar-refractivity contribution is 5.90. The van der Waals surface area contributed by atoms with Crippen molar-refractivity contribution in [2.75, 3.05) is 7.11 Å². The van der Waals surface area contributed by atoms with E-state index in [0.29, 0.717) is 24.0 Å². The van der Waals surface area contributed by atoms with E-state index in [4.69, 9.17) is 18.9 Å². The van der Waals surface area contributed by atoms with Gasteiger partial charge < -0.3 is 18.9 Å². The second-order valence-electron chi connectivity index (χ2n) is 9.45. The number of rotatable bonds is 8. The van der Waals surface area contributed by atoms with E-state index in [0.717, 1.165) is 19.2 Å². The summed E-state index contributed by atoms with van der Waals surface area (Å²) in [6.45, 7) is 8.38. The molecule has 37 heavy (non-hydrogen) atoms. The number of hydrogen-bond donors (Lipinski definition) is 0. The fourth-order valence-corrected chi connectivity index (χ4v) is 5.06. The lowest BCUT2D eigenvalue weighted by Gasteiger charge is -2.35. The van der Waals surface area contributed by atoms with Crippen molar-refractivity contribution in [3.05, 3.63) is 59.7 Å². The number of allylic oxidation sites excluding steroid dienone is 1. The van der Waals surface area contributed by atoms with Gasteiger partial charge in [-0.1, -0.05) is 49.9 Å². The van der Waals surface area contributed by atoms with Gasteiger partial charge in [0.25, 0.3) is 5.60 Å². The van der Waals surface area contributed by atoms with Crippen LogP contribution in [-0.4, -0.2) is 49.5 Å². The van der Waals surface area contributed by atoms with Crippen LogP contribution in [-0.2, 0) is 38.9 Å². The molecule has 2 aliphatic rings. The molecule has 0 amide bonds. The Hall–Kier alpha value is -3.14.